The molecular formula is C19H10Br2O. The third kappa shape index (κ3) is 2.00. The van der Waals surface area contributed by atoms with E-state index in [1.54, 1.807) is 0 Å². The molecule has 0 aromatic heterocycles. The molecule has 0 unspecified atom stereocenters. The molecule has 0 fully saturated rings. The van der Waals surface area contributed by atoms with Crippen LogP contribution in [0.2, 0.25) is 0 Å². The standard InChI is InChI=1S/C19H10Br2O/c20-17-9-15-13-7-2-1-5-11(13)12-6-3-4-8-14(12)19(22)16(15)10-18(17)21/h1-10H. The van der Waals surface area contributed by atoms with Crippen LogP contribution in [0.5, 0.6) is 0 Å². The Morgan fingerprint density at radius 1 is 0.545 bits per heavy atom. The van der Waals surface area contributed by atoms with Gasteiger partial charge in [-0.15, -0.1) is 0 Å². The van der Waals surface area contributed by atoms with Crippen LogP contribution >= 0.6 is 31.9 Å². The molecule has 0 N–H and O–H groups in total. The molecule has 0 heterocycles. The first-order valence-corrected chi connectivity index (χ1v) is 8.48. The highest BCUT2D eigenvalue weighted by Crippen LogP contribution is 2.33. The van der Waals surface area contributed by atoms with Gasteiger partial charge in [-0.3, -0.25) is 4.79 Å². The smallest absolute Gasteiger partial charge is 0.194 e. The highest BCUT2D eigenvalue weighted by atomic mass is 79.9. The summed E-state index contributed by atoms with van der Waals surface area (Å²) < 4.78 is 1.83. The van der Waals surface area contributed by atoms with Crippen LogP contribution in [0.25, 0.3) is 32.3 Å². The molecule has 0 radical (unpaired) electrons. The van der Waals surface area contributed by atoms with Crippen molar-refractivity contribution in [1.82, 2.24) is 0 Å². The molecule has 0 aliphatic heterocycles. The average molecular weight is 414 g/mol. The van der Waals surface area contributed by atoms with Crippen molar-refractivity contribution < 1.29 is 0 Å². The summed E-state index contributed by atoms with van der Waals surface area (Å²) in [5, 5.41) is 5.62. The molecule has 106 valence electrons. The van der Waals surface area contributed by atoms with Crippen molar-refractivity contribution in [2.75, 3.05) is 0 Å². The molecule has 0 saturated carbocycles. The number of fused-ring (bicyclic) bond motifs is 5. The maximum atomic E-state index is 13.0. The quantitative estimate of drug-likeness (QED) is 0.344. The van der Waals surface area contributed by atoms with Crippen molar-refractivity contribution in [3.05, 3.63) is 79.8 Å². The van der Waals surface area contributed by atoms with Gasteiger partial charge in [0, 0.05) is 19.7 Å². The fraction of sp³-hybridized carbons (Fsp3) is 0. The number of hydrogen-bond donors (Lipinski definition) is 0. The fourth-order valence-corrected chi connectivity index (χ4v) is 3.66. The summed E-state index contributed by atoms with van der Waals surface area (Å²) in [5.41, 5.74) is 0.0648. The summed E-state index contributed by atoms with van der Waals surface area (Å²) in [6.45, 7) is 0. The maximum Gasteiger partial charge on any atom is 0.194 e. The number of rotatable bonds is 0. The third-order valence-corrected chi connectivity index (χ3v) is 5.83. The Morgan fingerprint density at radius 2 is 0.955 bits per heavy atom. The zero-order valence-corrected chi connectivity index (χ0v) is 14.6. The van der Waals surface area contributed by atoms with E-state index in [1.807, 2.05) is 48.5 Å². The molecule has 0 aliphatic carbocycles. The summed E-state index contributed by atoms with van der Waals surface area (Å²) >= 11 is 7.06. The van der Waals surface area contributed by atoms with Crippen LogP contribution in [0, 0.1) is 0 Å². The number of benzene rings is 3. The van der Waals surface area contributed by atoms with E-state index in [9.17, 15) is 4.79 Å². The van der Waals surface area contributed by atoms with Crippen LogP contribution in [0.1, 0.15) is 0 Å². The minimum atomic E-state index is 0.0648. The van der Waals surface area contributed by atoms with E-state index in [2.05, 4.69) is 44.0 Å². The molecule has 0 amide bonds. The minimum absolute atomic E-state index is 0.0648. The largest absolute Gasteiger partial charge is 0.289 e. The second-order valence-corrected chi connectivity index (χ2v) is 6.94. The van der Waals surface area contributed by atoms with Gasteiger partial charge in [-0.05, 0) is 65.5 Å². The Labute approximate surface area is 143 Å². The van der Waals surface area contributed by atoms with Crippen molar-refractivity contribution >= 4 is 64.2 Å². The Balaban J connectivity index is 2.50. The van der Waals surface area contributed by atoms with Gasteiger partial charge in [0.25, 0.3) is 0 Å². The summed E-state index contributed by atoms with van der Waals surface area (Å²) in [6, 6.07) is 19.9. The van der Waals surface area contributed by atoms with Crippen molar-refractivity contribution in [2.45, 2.75) is 0 Å². The first-order valence-electron chi connectivity index (χ1n) is 6.89. The summed E-state index contributed by atoms with van der Waals surface area (Å²) in [4.78, 5) is 13.0. The Kier molecular flexibility index (Phi) is 3.28. The minimum Gasteiger partial charge on any atom is -0.289 e. The molecule has 0 atom stereocenters. The maximum absolute atomic E-state index is 13.0. The van der Waals surface area contributed by atoms with Gasteiger partial charge in [0.2, 0.25) is 0 Å². The topological polar surface area (TPSA) is 17.1 Å². The highest BCUT2D eigenvalue weighted by molar-refractivity contribution is 9.13. The van der Waals surface area contributed by atoms with E-state index >= 15 is 0 Å². The lowest BCUT2D eigenvalue weighted by Crippen LogP contribution is -1.98. The van der Waals surface area contributed by atoms with Crippen LogP contribution in [0.15, 0.2) is 74.4 Å². The van der Waals surface area contributed by atoms with Crippen LogP contribution < -0.4 is 5.43 Å². The third-order valence-electron chi connectivity index (χ3n) is 3.98. The van der Waals surface area contributed by atoms with Crippen molar-refractivity contribution in [2.24, 2.45) is 0 Å². The van der Waals surface area contributed by atoms with Gasteiger partial charge in [-0.25, -0.2) is 0 Å². The SMILES string of the molecule is O=c1c2ccccc2c2ccccc2c2cc(Br)c(Br)cc12. The second-order valence-electron chi connectivity index (χ2n) is 5.23. The monoisotopic (exact) mass is 412 g/mol. The van der Waals surface area contributed by atoms with Crippen LogP contribution in [0.3, 0.4) is 0 Å². The van der Waals surface area contributed by atoms with E-state index in [0.29, 0.717) is 0 Å². The molecule has 0 spiro atoms. The average Bonchev–Trinajstić information content (AvgIpc) is 2.65. The molecule has 22 heavy (non-hydrogen) atoms. The van der Waals surface area contributed by atoms with E-state index in [1.165, 1.54) is 0 Å². The number of halogens is 2. The van der Waals surface area contributed by atoms with E-state index in [0.717, 1.165) is 41.3 Å². The first-order chi connectivity index (χ1) is 10.7. The summed E-state index contributed by atoms with van der Waals surface area (Å²) in [5.74, 6) is 0. The van der Waals surface area contributed by atoms with E-state index < -0.39 is 0 Å². The Morgan fingerprint density at radius 3 is 1.55 bits per heavy atom. The predicted octanol–water partition coefficient (Wildman–Crippen LogP) is 6.03. The lowest BCUT2D eigenvalue weighted by molar-refractivity contribution is 1.65. The molecular weight excluding hydrogens is 404 g/mol. The van der Waals surface area contributed by atoms with Gasteiger partial charge in [-0.2, -0.15) is 0 Å². The van der Waals surface area contributed by atoms with Crippen LogP contribution in [-0.4, -0.2) is 0 Å². The van der Waals surface area contributed by atoms with Crippen molar-refractivity contribution in [3.8, 4) is 0 Å². The van der Waals surface area contributed by atoms with Crippen LogP contribution in [-0.2, 0) is 0 Å². The molecule has 4 aromatic carbocycles. The van der Waals surface area contributed by atoms with Crippen LogP contribution in [0.4, 0.5) is 0 Å². The lowest BCUT2D eigenvalue weighted by atomic mass is 10.1. The molecule has 1 nitrogen and oxygen atoms in total. The molecule has 0 bridgehead atoms. The highest BCUT2D eigenvalue weighted by Gasteiger charge is 2.10. The summed E-state index contributed by atoms with van der Waals surface area (Å²) in [7, 11) is 0. The number of hydrogen-bond acceptors (Lipinski definition) is 1. The van der Waals surface area contributed by atoms with Gasteiger partial charge in [0.05, 0.1) is 0 Å². The van der Waals surface area contributed by atoms with Gasteiger partial charge >= 0.3 is 0 Å². The molecule has 0 saturated heterocycles. The zero-order chi connectivity index (χ0) is 15.3. The predicted molar refractivity (Wildman–Crippen MR) is 101 cm³/mol. The molecule has 4 rings (SSSR count). The second kappa shape index (κ2) is 5.18. The normalized spacial score (nSPS) is 11.4. The Hall–Kier alpha value is -1.71. The first kappa shape index (κ1) is 13.9. The van der Waals surface area contributed by atoms with Crippen molar-refractivity contribution in [3.63, 3.8) is 0 Å². The van der Waals surface area contributed by atoms with E-state index in [-0.39, 0.29) is 5.43 Å². The summed E-state index contributed by atoms with van der Waals surface area (Å²) in [6.07, 6.45) is 0. The van der Waals surface area contributed by atoms with Gasteiger partial charge in [0.1, 0.15) is 0 Å². The zero-order valence-electron chi connectivity index (χ0n) is 11.4. The van der Waals surface area contributed by atoms with Gasteiger partial charge in [0.15, 0.2) is 5.43 Å². The van der Waals surface area contributed by atoms with Gasteiger partial charge in [-0.1, -0.05) is 48.5 Å². The molecule has 3 heteroatoms. The van der Waals surface area contributed by atoms with Crippen molar-refractivity contribution in [1.29, 1.82) is 0 Å². The molecule has 0 aliphatic rings. The molecule has 4 aromatic rings. The lowest BCUT2D eigenvalue weighted by Gasteiger charge is -2.01. The van der Waals surface area contributed by atoms with Gasteiger partial charge < -0.3 is 0 Å². The van der Waals surface area contributed by atoms with E-state index in [4.69, 9.17) is 0 Å². The fourth-order valence-electron chi connectivity index (χ4n) is 2.97. The Bertz CT molecular complexity index is 1120.